The van der Waals surface area contributed by atoms with Gasteiger partial charge in [0.05, 0.1) is 0 Å². The van der Waals surface area contributed by atoms with Crippen molar-refractivity contribution in [1.82, 2.24) is 15.3 Å². The molecule has 0 spiro atoms. The van der Waals surface area contributed by atoms with Crippen LogP contribution in [0.1, 0.15) is 25.6 Å². The van der Waals surface area contributed by atoms with Gasteiger partial charge in [0, 0.05) is 12.1 Å². The van der Waals surface area contributed by atoms with Gasteiger partial charge >= 0.3 is 0 Å². The third-order valence-corrected chi connectivity index (χ3v) is 2.54. The van der Waals surface area contributed by atoms with Gasteiger partial charge in [-0.3, -0.25) is 4.79 Å². The van der Waals surface area contributed by atoms with E-state index in [1.165, 1.54) is 0 Å². The van der Waals surface area contributed by atoms with E-state index >= 15 is 0 Å². The quantitative estimate of drug-likeness (QED) is 0.704. The van der Waals surface area contributed by atoms with E-state index in [0.29, 0.717) is 23.5 Å². The first kappa shape index (κ1) is 11.6. The second kappa shape index (κ2) is 4.57. The number of nitrogens with zero attached hydrogens (tertiary/aromatic N) is 2. The molecule has 1 saturated carbocycles. The first-order chi connectivity index (χ1) is 8.04. The van der Waals surface area contributed by atoms with Crippen LogP contribution in [0.5, 0.6) is 0 Å². The zero-order valence-electron chi connectivity index (χ0n) is 10.0. The van der Waals surface area contributed by atoms with Crippen molar-refractivity contribution in [2.45, 2.75) is 38.8 Å². The Morgan fingerprint density at radius 2 is 2.24 bits per heavy atom. The van der Waals surface area contributed by atoms with E-state index in [1.54, 1.807) is 19.9 Å². The molecule has 1 heterocycles. The maximum Gasteiger partial charge on any atom is 0.242 e. The van der Waals surface area contributed by atoms with Crippen molar-refractivity contribution in [2.24, 2.45) is 0 Å². The molecule has 1 aromatic rings. The van der Waals surface area contributed by atoms with Crippen LogP contribution in [0.15, 0.2) is 6.07 Å². The van der Waals surface area contributed by atoms with Gasteiger partial charge in [0.25, 0.3) is 0 Å². The van der Waals surface area contributed by atoms with Crippen LogP contribution < -0.4 is 16.4 Å². The lowest BCUT2D eigenvalue weighted by molar-refractivity contribution is -0.121. The molecule has 6 heteroatoms. The molecule has 1 aromatic heterocycles. The van der Waals surface area contributed by atoms with Gasteiger partial charge in [-0.2, -0.15) is 0 Å². The fraction of sp³-hybridized carbons (Fsp3) is 0.545. The number of aryl methyl sites for hydroxylation is 1. The average molecular weight is 235 g/mol. The molecule has 0 saturated heterocycles. The van der Waals surface area contributed by atoms with E-state index in [-0.39, 0.29) is 11.9 Å². The molecule has 0 aromatic carbocycles. The van der Waals surface area contributed by atoms with Gasteiger partial charge < -0.3 is 16.4 Å². The monoisotopic (exact) mass is 235 g/mol. The normalized spacial score (nSPS) is 16.4. The minimum Gasteiger partial charge on any atom is -0.384 e. The average Bonchev–Trinajstić information content (AvgIpc) is 2.99. The molecule has 4 N–H and O–H groups in total. The number of hydrogen-bond donors (Lipinski definition) is 3. The molecule has 0 radical (unpaired) electrons. The molecular weight excluding hydrogens is 218 g/mol. The standard InChI is InChI=1S/C11H17N5O/c1-6(11(17)16-8-3-4-8)13-10-5-9(12)14-7(2)15-10/h5-6,8H,3-4H2,1-2H3,(H,16,17)(H3,12,13,14,15). The number of hydrogen-bond acceptors (Lipinski definition) is 5. The van der Waals surface area contributed by atoms with Crippen molar-refractivity contribution in [2.75, 3.05) is 11.1 Å². The van der Waals surface area contributed by atoms with Crippen LogP contribution in [0.25, 0.3) is 0 Å². The lowest BCUT2D eigenvalue weighted by Gasteiger charge is -2.14. The van der Waals surface area contributed by atoms with Gasteiger partial charge in [-0.15, -0.1) is 0 Å². The molecule has 1 aliphatic rings. The lowest BCUT2D eigenvalue weighted by Crippen LogP contribution is -2.38. The van der Waals surface area contributed by atoms with Gasteiger partial charge in [-0.05, 0) is 26.7 Å². The predicted octanol–water partition coefficient (Wildman–Crippen LogP) is 0.446. The third-order valence-electron chi connectivity index (χ3n) is 2.54. The molecule has 1 atom stereocenters. The molecule has 17 heavy (non-hydrogen) atoms. The smallest absolute Gasteiger partial charge is 0.242 e. The van der Waals surface area contributed by atoms with E-state index < -0.39 is 0 Å². The van der Waals surface area contributed by atoms with Crippen LogP contribution in [0, 0.1) is 6.92 Å². The maximum atomic E-state index is 11.7. The summed E-state index contributed by atoms with van der Waals surface area (Å²) in [6.07, 6.45) is 2.16. The molecule has 1 amide bonds. The molecular formula is C11H17N5O. The first-order valence-electron chi connectivity index (χ1n) is 5.72. The fourth-order valence-corrected chi connectivity index (χ4v) is 1.51. The Balaban J connectivity index is 1.96. The number of nitrogens with two attached hydrogens (primary N) is 1. The largest absolute Gasteiger partial charge is 0.384 e. The highest BCUT2D eigenvalue weighted by Crippen LogP contribution is 2.19. The Morgan fingerprint density at radius 3 is 2.82 bits per heavy atom. The van der Waals surface area contributed by atoms with Crippen molar-refractivity contribution >= 4 is 17.5 Å². The summed E-state index contributed by atoms with van der Waals surface area (Å²) in [6.45, 7) is 3.56. The van der Waals surface area contributed by atoms with Gasteiger partial charge in [0.2, 0.25) is 5.91 Å². The summed E-state index contributed by atoms with van der Waals surface area (Å²) in [4.78, 5) is 19.9. The highest BCUT2D eigenvalue weighted by Gasteiger charge is 2.25. The maximum absolute atomic E-state index is 11.7. The third kappa shape index (κ3) is 3.30. The highest BCUT2D eigenvalue weighted by molar-refractivity contribution is 5.84. The van der Waals surface area contributed by atoms with Gasteiger partial charge in [-0.1, -0.05) is 0 Å². The number of nitrogen functional groups attached to an aromatic ring is 1. The van der Waals surface area contributed by atoms with Crippen molar-refractivity contribution < 1.29 is 4.79 Å². The number of carbonyl (C=O) groups is 1. The number of carbonyl (C=O) groups excluding carboxylic acids is 1. The fourth-order valence-electron chi connectivity index (χ4n) is 1.51. The molecule has 1 unspecified atom stereocenters. The van der Waals surface area contributed by atoms with E-state index in [4.69, 9.17) is 5.73 Å². The predicted molar refractivity (Wildman–Crippen MR) is 65.4 cm³/mol. The zero-order valence-corrected chi connectivity index (χ0v) is 10.0. The van der Waals surface area contributed by atoms with Crippen molar-refractivity contribution in [3.63, 3.8) is 0 Å². The minimum atomic E-state index is -0.329. The highest BCUT2D eigenvalue weighted by atomic mass is 16.2. The Hall–Kier alpha value is -1.85. The van der Waals surface area contributed by atoms with E-state index in [9.17, 15) is 4.79 Å². The van der Waals surface area contributed by atoms with Crippen LogP contribution in [-0.4, -0.2) is 28.0 Å². The zero-order chi connectivity index (χ0) is 12.4. The summed E-state index contributed by atoms with van der Waals surface area (Å²) in [7, 11) is 0. The Labute approximate surface area is 100 Å². The summed E-state index contributed by atoms with van der Waals surface area (Å²) in [5.74, 6) is 1.55. The van der Waals surface area contributed by atoms with Crippen LogP contribution >= 0.6 is 0 Å². The van der Waals surface area contributed by atoms with Gasteiger partial charge in [-0.25, -0.2) is 9.97 Å². The molecule has 2 rings (SSSR count). The second-order valence-electron chi connectivity index (χ2n) is 4.37. The summed E-state index contributed by atoms with van der Waals surface area (Å²) in [5, 5.41) is 5.94. The summed E-state index contributed by atoms with van der Waals surface area (Å²) in [6, 6.07) is 1.65. The number of rotatable bonds is 4. The van der Waals surface area contributed by atoms with Crippen LogP contribution in [0.3, 0.4) is 0 Å². The molecule has 0 aliphatic heterocycles. The van der Waals surface area contributed by atoms with E-state index in [2.05, 4.69) is 20.6 Å². The Kier molecular flexibility index (Phi) is 3.12. The summed E-state index contributed by atoms with van der Waals surface area (Å²) in [5.41, 5.74) is 5.61. The SMILES string of the molecule is Cc1nc(N)cc(NC(C)C(=O)NC2CC2)n1. The topological polar surface area (TPSA) is 92.9 Å². The molecule has 0 bridgehead atoms. The van der Waals surface area contributed by atoms with Gasteiger partial charge in [0.1, 0.15) is 23.5 Å². The molecule has 1 aliphatic carbocycles. The Morgan fingerprint density at radius 1 is 1.53 bits per heavy atom. The summed E-state index contributed by atoms with van der Waals surface area (Å²) >= 11 is 0. The van der Waals surface area contributed by atoms with Crippen LogP contribution in [-0.2, 0) is 4.79 Å². The minimum absolute atomic E-state index is 0.0117. The molecule has 92 valence electrons. The van der Waals surface area contributed by atoms with Crippen molar-refractivity contribution in [3.05, 3.63) is 11.9 Å². The number of amides is 1. The van der Waals surface area contributed by atoms with Gasteiger partial charge in [0.15, 0.2) is 0 Å². The van der Waals surface area contributed by atoms with Crippen LogP contribution in [0.2, 0.25) is 0 Å². The number of anilines is 2. The molecule has 1 fully saturated rings. The first-order valence-corrected chi connectivity index (χ1v) is 5.72. The number of aromatic nitrogens is 2. The Bertz CT molecular complexity index is 410. The summed E-state index contributed by atoms with van der Waals surface area (Å²) < 4.78 is 0. The van der Waals surface area contributed by atoms with Crippen LogP contribution in [0.4, 0.5) is 11.6 Å². The number of nitrogens with one attached hydrogen (secondary N) is 2. The van der Waals surface area contributed by atoms with Crippen molar-refractivity contribution in [3.8, 4) is 0 Å². The second-order valence-corrected chi connectivity index (χ2v) is 4.37. The lowest BCUT2D eigenvalue weighted by atomic mass is 10.3. The van der Waals surface area contributed by atoms with E-state index in [0.717, 1.165) is 12.8 Å². The van der Waals surface area contributed by atoms with Crippen molar-refractivity contribution in [1.29, 1.82) is 0 Å². The van der Waals surface area contributed by atoms with E-state index in [1.807, 2.05) is 0 Å². The molecule has 6 nitrogen and oxygen atoms in total.